The molecule has 1 aromatic carbocycles. The summed E-state index contributed by atoms with van der Waals surface area (Å²) >= 11 is 0. The first-order valence-electron chi connectivity index (χ1n) is 6.63. The molecule has 0 fully saturated rings. The van der Waals surface area contributed by atoms with Crippen LogP contribution in [0.1, 0.15) is 16.9 Å². The largest absolute Gasteiger partial charge is 0.396 e. The molecule has 0 atom stereocenters. The van der Waals surface area contributed by atoms with Gasteiger partial charge in [-0.15, -0.1) is 0 Å². The zero-order chi connectivity index (χ0) is 14.8. The molecule has 0 unspecified atom stereocenters. The molecule has 0 aliphatic carbocycles. The molecule has 0 saturated heterocycles. The third kappa shape index (κ3) is 2.38. The van der Waals surface area contributed by atoms with Crippen LogP contribution in [0.15, 0.2) is 30.5 Å². The highest BCUT2D eigenvalue weighted by Gasteiger charge is 2.13. The van der Waals surface area contributed by atoms with E-state index in [9.17, 15) is 4.79 Å². The third-order valence-corrected chi connectivity index (χ3v) is 3.17. The number of hydrogen-bond donors (Lipinski definition) is 3. The zero-order valence-electron chi connectivity index (χ0n) is 11.3. The van der Waals surface area contributed by atoms with Crippen molar-refractivity contribution >= 4 is 28.4 Å². The first kappa shape index (κ1) is 13.3. The van der Waals surface area contributed by atoms with E-state index in [1.807, 2.05) is 24.3 Å². The van der Waals surface area contributed by atoms with Gasteiger partial charge in [0.05, 0.1) is 11.0 Å². The molecule has 7 nitrogen and oxygen atoms in total. The number of nitrogen functional groups attached to an aromatic ring is 1. The summed E-state index contributed by atoms with van der Waals surface area (Å²) in [4.78, 5) is 20.5. The normalized spacial score (nSPS) is 11.1. The number of imidazole rings is 1. The van der Waals surface area contributed by atoms with Gasteiger partial charge in [-0.2, -0.15) is 0 Å². The molecular weight excluding hydrogens is 270 g/mol. The third-order valence-electron chi connectivity index (χ3n) is 3.17. The molecule has 0 aliphatic heterocycles. The molecule has 0 saturated carbocycles. The van der Waals surface area contributed by atoms with Crippen molar-refractivity contribution in [2.24, 2.45) is 0 Å². The highest BCUT2D eigenvalue weighted by Crippen LogP contribution is 2.19. The summed E-state index contributed by atoms with van der Waals surface area (Å²) in [5.41, 5.74) is 8.31. The van der Waals surface area contributed by atoms with E-state index >= 15 is 0 Å². The van der Waals surface area contributed by atoms with Crippen LogP contribution in [-0.4, -0.2) is 38.5 Å². The van der Waals surface area contributed by atoms with Crippen molar-refractivity contribution in [3.05, 3.63) is 36.2 Å². The first-order chi connectivity index (χ1) is 10.2. The van der Waals surface area contributed by atoms with Gasteiger partial charge in [0.15, 0.2) is 11.5 Å². The Hall–Kier alpha value is -2.67. The fourth-order valence-corrected chi connectivity index (χ4v) is 2.17. The van der Waals surface area contributed by atoms with Gasteiger partial charge < -0.3 is 16.2 Å². The Bertz CT molecular complexity index is 812. The lowest BCUT2D eigenvalue weighted by Gasteiger charge is -2.06. The number of amides is 1. The fraction of sp³-hybridized carbons (Fsp3) is 0.214. The smallest absolute Gasteiger partial charge is 0.271 e. The van der Waals surface area contributed by atoms with Crippen LogP contribution in [0, 0.1) is 0 Å². The van der Waals surface area contributed by atoms with Gasteiger partial charge in [0, 0.05) is 19.3 Å². The van der Waals surface area contributed by atoms with Crippen molar-refractivity contribution in [3.8, 4) is 0 Å². The number of nitrogens with two attached hydrogens (primary N) is 1. The molecule has 3 rings (SSSR count). The van der Waals surface area contributed by atoms with Gasteiger partial charge >= 0.3 is 0 Å². The van der Waals surface area contributed by atoms with Gasteiger partial charge in [-0.05, 0) is 18.6 Å². The molecule has 0 radical (unpaired) electrons. The molecule has 7 heteroatoms. The summed E-state index contributed by atoms with van der Waals surface area (Å²) in [5.74, 6) is -0.115. The van der Waals surface area contributed by atoms with Crippen molar-refractivity contribution in [2.45, 2.75) is 6.42 Å². The summed E-state index contributed by atoms with van der Waals surface area (Å²) in [6.07, 6.45) is 2.12. The highest BCUT2D eigenvalue weighted by molar-refractivity contribution is 5.94. The molecule has 2 heterocycles. The number of carbonyl (C=O) groups excluding carboxylic acids is 1. The fourth-order valence-electron chi connectivity index (χ4n) is 2.17. The SMILES string of the molecule is Nc1nc(C(=O)NCCCO)cn2c1nc1ccccc12. The number of nitrogens with one attached hydrogen (secondary N) is 1. The van der Waals surface area contributed by atoms with Crippen LogP contribution in [0.4, 0.5) is 5.82 Å². The molecule has 0 aliphatic rings. The molecule has 1 amide bonds. The predicted octanol–water partition coefficient (Wildman–Crippen LogP) is 0.577. The molecule has 21 heavy (non-hydrogen) atoms. The van der Waals surface area contributed by atoms with Crippen molar-refractivity contribution in [3.63, 3.8) is 0 Å². The zero-order valence-corrected chi connectivity index (χ0v) is 11.3. The quantitative estimate of drug-likeness (QED) is 0.608. The van der Waals surface area contributed by atoms with Gasteiger partial charge in [0.2, 0.25) is 0 Å². The minimum Gasteiger partial charge on any atom is -0.396 e. The summed E-state index contributed by atoms with van der Waals surface area (Å²) in [6, 6.07) is 7.57. The topological polar surface area (TPSA) is 106 Å². The van der Waals surface area contributed by atoms with Gasteiger partial charge in [-0.1, -0.05) is 12.1 Å². The Morgan fingerprint density at radius 3 is 2.95 bits per heavy atom. The van der Waals surface area contributed by atoms with Crippen LogP contribution < -0.4 is 11.1 Å². The van der Waals surface area contributed by atoms with Gasteiger partial charge in [-0.3, -0.25) is 9.20 Å². The second-order valence-electron chi connectivity index (χ2n) is 4.64. The number of aliphatic hydroxyl groups is 1. The van der Waals surface area contributed by atoms with Crippen LogP contribution in [0.3, 0.4) is 0 Å². The van der Waals surface area contributed by atoms with Crippen LogP contribution in [0.5, 0.6) is 0 Å². The Morgan fingerprint density at radius 2 is 2.14 bits per heavy atom. The van der Waals surface area contributed by atoms with Crippen LogP contribution in [0.25, 0.3) is 16.7 Å². The van der Waals surface area contributed by atoms with Crippen molar-refractivity contribution in [1.29, 1.82) is 0 Å². The Morgan fingerprint density at radius 1 is 1.33 bits per heavy atom. The Kier molecular flexibility index (Phi) is 3.41. The summed E-state index contributed by atoms with van der Waals surface area (Å²) in [6.45, 7) is 0.417. The van der Waals surface area contributed by atoms with E-state index < -0.39 is 0 Å². The van der Waals surface area contributed by atoms with E-state index in [4.69, 9.17) is 10.8 Å². The second-order valence-corrected chi connectivity index (χ2v) is 4.64. The number of aromatic nitrogens is 3. The lowest BCUT2D eigenvalue weighted by atomic mass is 10.3. The predicted molar refractivity (Wildman–Crippen MR) is 78.9 cm³/mol. The highest BCUT2D eigenvalue weighted by atomic mass is 16.3. The number of aliphatic hydroxyl groups excluding tert-OH is 1. The number of anilines is 1. The molecule has 108 valence electrons. The number of fused-ring (bicyclic) bond motifs is 3. The van der Waals surface area contributed by atoms with Crippen LogP contribution >= 0.6 is 0 Å². The monoisotopic (exact) mass is 285 g/mol. The standard InChI is InChI=1S/C14H15N5O2/c15-12-13-18-9-4-1-2-5-11(9)19(13)8-10(17-12)14(21)16-6-3-7-20/h1-2,4-5,8,20H,3,6-7H2,(H2,15,17)(H,16,21). The maximum Gasteiger partial charge on any atom is 0.271 e. The minimum atomic E-state index is -0.324. The van der Waals surface area contributed by atoms with Crippen molar-refractivity contribution < 1.29 is 9.90 Å². The number of hydrogen-bond acceptors (Lipinski definition) is 5. The Balaban J connectivity index is 2.05. The number of para-hydroxylation sites is 2. The first-order valence-corrected chi connectivity index (χ1v) is 6.63. The van der Waals surface area contributed by atoms with E-state index in [1.165, 1.54) is 0 Å². The minimum absolute atomic E-state index is 0.0288. The maximum atomic E-state index is 12.0. The summed E-state index contributed by atoms with van der Waals surface area (Å²) < 4.78 is 1.76. The molecule has 4 N–H and O–H groups in total. The number of nitrogens with zero attached hydrogens (tertiary/aromatic N) is 3. The second kappa shape index (κ2) is 5.37. The van der Waals surface area contributed by atoms with Crippen LogP contribution in [0.2, 0.25) is 0 Å². The molecule has 2 aromatic heterocycles. The maximum absolute atomic E-state index is 12.0. The average Bonchev–Trinajstić information content (AvgIpc) is 2.87. The lowest BCUT2D eigenvalue weighted by Crippen LogP contribution is -2.26. The van der Waals surface area contributed by atoms with E-state index in [-0.39, 0.29) is 24.0 Å². The lowest BCUT2D eigenvalue weighted by molar-refractivity contribution is 0.0946. The number of rotatable bonds is 4. The van der Waals surface area contributed by atoms with Crippen molar-refractivity contribution in [1.82, 2.24) is 19.7 Å². The Labute approximate surface area is 120 Å². The summed E-state index contributed by atoms with van der Waals surface area (Å²) in [7, 11) is 0. The van der Waals surface area contributed by atoms with E-state index in [0.29, 0.717) is 18.6 Å². The molecule has 0 spiro atoms. The van der Waals surface area contributed by atoms with Crippen LogP contribution in [-0.2, 0) is 0 Å². The molecule has 3 aromatic rings. The van der Waals surface area contributed by atoms with Gasteiger partial charge in [0.1, 0.15) is 5.69 Å². The van der Waals surface area contributed by atoms with Crippen molar-refractivity contribution in [2.75, 3.05) is 18.9 Å². The van der Waals surface area contributed by atoms with Gasteiger partial charge in [0.25, 0.3) is 5.91 Å². The van der Waals surface area contributed by atoms with E-state index in [2.05, 4.69) is 15.3 Å². The van der Waals surface area contributed by atoms with Gasteiger partial charge in [-0.25, -0.2) is 9.97 Å². The summed E-state index contributed by atoms with van der Waals surface area (Å²) in [5, 5.41) is 11.4. The number of carbonyl (C=O) groups is 1. The molecular formula is C14H15N5O2. The van der Waals surface area contributed by atoms with E-state index in [0.717, 1.165) is 11.0 Å². The average molecular weight is 285 g/mol. The number of benzene rings is 1. The molecule has 0 bridgehead atoms. The van der Waals surface area contributed by atoms with E-state index in [1.54, 1.807) is 10.6 Å².